The van der Waals surface area contributed by atoms with Crippen LogP contribution in [0.3, 0.4) is 0 Å². The van der Waals surface area contributed by atoms with E-state index in [1.165, 1.54) is 0 Å². The quantitative estimate of drug-likeness (QED) is 0.653. The van der Waals surface area contributed by atoms with Crippen LogP contribution in [0.1, 0.15) is 24.1 Å². The van der Waals surface area contributed by atoms with E-state index < -0.39 is 25.9 Å². The Labute approximate surface area is 118 Å². The first-order valence-corrected chi connectivity index (χ1v) is 9.52. The number of aromatic nitrogens is 2. The number of H-pyrrole nitrogens is 1. The maximum absolute atomic E-state index is 12.3. The van der Waals surface area contributed by atoms with Gasteiger partial charge in [0, 0.05) is 23.8 Å². The van der Waals surface area contributed by atoms with Gasteiger partial charge in [-0.1, -0.05) is 0 Å². The van der Waals surface area contributed by atoms with Gasteiger partial charge in [0.15, 0.2) is 14.9 Å². The molecule has 0 amide bonds. The zero-order valence-corrected chi connectivity index (χ0v) is 12.7. The molecule has 1 aromatic heterocycles. The normalized spacial score (nSPS) is 22.8. The Kier molecular flexibility index (Phi) is 4.19. The molecule has 1 aliphatic heterocycles. The lowest BCUT2D eigenvalue weighted by atomic mass is 10.2. The summed E-state index contributed by atoms with van der Waals surface area (Å²) in [5.74, 6) is -0.0611. The number of rotatable bonds is 4. The van der Waals surface area contributed by atoms with Crippen molar-refractivity contribution in [3.8, 4) is 0 Å². The van der Waals surface area contributed by atoms with E-state index >= 15 is 0 Å². The Balaban J connectivity index is 2.23. The van der Waals surface area contributed by atoms with E-state index in [0.29, 0.717) is 24.1 Å². The topological polar surface area (TPSA) is 135 Å². The number of hydrogen-bond acceptors (Lipinski definition) is 6. The molecule has 2 heterocycles. The number of nitrogens with two attached hydrogens (primary N) is 1. The molecule has 0 aliphatic carbocycles. The van der Waals surface area contributed by atoms with Gasteiger partial charge in [-0.3, -0.25) is 5.10 Å². The monoisotopic (exact) mass is 322 g/mol. The molecule has 2 rings (SSSR count). The molecule has 114 valence electrons. The van der Waals surface area contributed by atoms with Crippen molar-refractivity contribution in [3.63, 3.8) is 0 Å². The van der Waals surface area contributed by atoms with Crippen molar-refractivity contribution in [3.05, 3.63) is 11.3 Å². The number of sulfone groups is 1. The summed E-state index contributed by atoms with van der Waals surface area (Å²) >= 11 is 0. The Morgan fingerprint density at radius 1 is 1.50 bits per heavy atom. The predicted octanol–water partition coefficient (Wildman–Crippen LogP) is -0.968. The molecule has 0 radical (unpaired) electrons. The van der Waals surface area contributed by atoms with E-state index in [0.717, 1.165) is 0 Å². The highest BCUT2D eigenvalue weighted by molar-refractivity contribution is 7.91. The molecule has 1 saturated heterocycles. The predicted molar refractivity (Wildman–Crippen MR) is 73.2 cm³/mol. The van der Waals surface area contributed by atoms with Gasteiger partial charge in [-0.05, 0) is 19.8 Å². The number of hydrogen-bond donors (Lipinski definition) is 3. The van der Waals surface area contributed by atoms with E-state index in [1.54, 1.807) is 6.92 Å². The summed E-state index contributed by atoms with van der Waals surface area (Å²) in [6, 6.07) is -0.610. The van der Waals surface area contributed by atoms with Crippen LogP contribution in [-0.4, -0.2) is 44.6 Å². The Hall–Kier alpha value is -0.970. The third-order valence-electron chi connectivity index (χ3n) is 3.28. The highest BCUT2D eigenvalue weighted by Crippen LogP contribution is 2.18. The molecule has 1 atom stereocenters. The molecule has 0 spiro atoms. The number of nitrogens with one attached hydrogen (secondary N) is 2. The molecule has 0 aromatic carbocycles. The summed E-state index contributed by atoms with van der Waals surface area (Å²) in [5.41, 5.74) is 6.52. The van der Waals surface area contributed by atoms with Crippen molar-refractivity contribution in [1.29, 1.82) is 0 Å². The van der Waals surface area contributed by atoms with Gasteiger partial charge in [0.2, 0.25) is 0 Å². The van der Waals surface area contributed by atoms with Gasteiger partial charge >= 0.3 is 0 Å². The maximum Gasteiger partial charge on any atom is 0.260 e. The largest absolute Gasteiger partial charge is 0.326 e. The lowest BCUT2D eigenvalue weighted by Gasteiger charge is -2.22. The lowest BCUT2D eigenvalue weighted by Crippen LogP contribution is -2.43. The van der Waals surface area contributed by atoms with Crippen LogP contribution in [-0.2, 0) is 26.4 Å². The first-order chi connectivity index (χ1) is 9.25. The van der Waals surface area contributed by atoms with Gasteiger partial charge in [-0.2, -0.15) is 5.10 Å². The summed E-state index contributed by atoms with van der Waals surface area (Å²) < 4.78 is 50.0. The number of aromatic amines is 1. The SMILES string of the molecule is Cc1[nH]nc(S(=O)(=O)NC2CCCS(=O)(=O)C2)c1CN. The first-order valence-electron chi connectivity index (χ1n) is 6.22. The molecule has 0 bridgehead atoms. The van der Waals surface area contributed by atoms with Crippen molar-refractivity contribution in [2.75, 3.05) is 11.5 Å². The zero-order chi connectivity index (χ0) is 15.0. The summed E-state index contributed by atoms with van der Waals surface area (Å²) in [6.07, 6.45) is 0.957. The summed E-state index contributed by atoms with van der Waals surface area (Å²) in [5, 5.41) is 6.18. The smallest absolute Gasteiger partial charge is 0.260 e. The minimum absolute atomic E-state index is 0.0432. The van der Waals surface area contributed by atoms with E-state index in [9.17, 15) is 16.8 Å². The van der Waals surface area contributed by atoms with Gasteiger partial charge < -0.3 is 5.73 Å². The van der Waals surface area contributed by atoms with Crippen LogP contribution in [0.4, 0.5) is 0 Å². The second kappa shape index (κ2) is 5.43. The fourth-order valence-electron chi connectivity index (χ4n) is 2.28. The summed E-state index contributed by atoms with van der Waals surface area (Å²) in [7, 11) is -7.05. The molecule has 10 heteroatoms. The van der Waals surface area contributed by atoms with Crippen LogP contribution >= 0.6 is 0 Å². The van der Waals surface area contributed by atoms with Crippen molar-refractivity contribution in [2.24, 2.45) is 5.73 Å². The molecule has 1 unspecified atom stereocenters. The van der Waals surface area contributed by atoms with Gasteiger partial charge in [0.25, 0.3) is 10.0 Å². The van der Waals surface area contributed by atoms with E-state index in [2.05, 4.69) is 14.9 Å². The number of nitrogens with zero attached hydrogens (tertiary/aromatic N) is 1. The highest BCUT2D eigenvalue weighted by atomic mass is 32.2. The second-order valence-electron chi connectivity index (χ2n) is 4.91. The number of aryl methyl sites for hydroxylation is 1. The molecular formula is C10H18N4O4S2. The molecule has 1 aliphatic rings. The lowest BCUT2D eigenvalue weighted by molar-refractivity contribution is 0.515. The fourth-order valence-corrected chi connectivity index (χ4v) is 5.50. The molecule has 4 N–H and O–H groups in total. The minimum atomic E-state index is -3.87. The molecule has 0 saturated carbocycles. The van der Waals surface area contributed by atoms with Gasteiger partial charge in [0.1, 0.15) is 0 Å². The van der Waals surface area contributed by atoms with E-state index in [-0.39, 0.29) is 23.1 Å². The van der Waals surface area contributed by atoms with Crippen LogP contribution in [0, 0.1) is 6.92 Å². The average Bonchev–Trinajstić information content (AvgIpc) is 2.69. The van der Waals surface area contributed by atoms with Crippen LogP contribution in [0.5, 0.6) is 0 Å². The van der Waals surface area contributed by atoms with Gasteiger partial charge in [-0.15, -0.1) is 0 Å². The van der Waals surface area contributed by atoms with E-state index in [4.69, 9.17) is 5.73 Å². The van der Waals surface area contributed by atoms with Crippen LogP contribution < -0.4 is 10.5 Å². The third-order valence-corrected chi connectivity index (χ3v) is 6.59. The molecular weight excluding hydrogens is 304 g/mol. The summed E-state index contributed by atoms with van der Waals surface area (Å²) in [4.78, 5) is 0. The first kappa shape index (κ1) is 15.4. The fraction of sp³-hybridized carbons (Fsp3) is 0.700. The van der Waals surface area contributed by atoms with Crippen LogP contribution in [0.25, 0.3) is 0 Å². The summed E-state index contributed by atoms with van der Waals surface area (Å²) in [6.45, 7) is 1.72. The number of sulfonamides is 1. The van der Waals surface area contributed by atoms with Gasteiger partial charge in [0.05, 0.1) is 11.5 Å². The van der Waals surface area contributed by atoms with Crippen molar-refractivity contribution < 1.29 is 16.8 Å². The van der Waals surface area contributed by atoms with Crippen LogP contribution in [0.15, 0.2) is 5.03 Å². The van der Waals surface area contributed by atoms with Crippen LogP contribution in [0.2, 0.25) is 0 Å². The Morgan fingerprint density at radius 3 is 2.80 bits per heavy atom. The van der Waals surface area contributed by atoms with Crippen molar-refractivity contribution >= 4 is 19.9 Å². The standard InChI is InChI=1S/C10H18N4O4S2/c1-7-9(5-11)10(13-12-7)20(17,18)14-8-3-2-4-19(15,16)6-8/h8,14H,2-6,11H2,1H3,(H,12,13). The zero-order valence-electron chi connectivity index (χ0n) is 11.1. The van der Waals surface area contributed by atoms with Gasteiger partial charge in [-0.25, -0.2) is 21.6 Å². The van der Waals surface area contributed by atoms with Crippen molar-refractivity contribution in [2.45, 2.75) is 37.4 Å². The average molecular weight is 322 g/mol. The maximum atomic E-state index is 12.3. The Bertz CT molecular complexity index is 693. The molecule has 1 fully saturated rings. The van der Waals surface area contributed by atoms with E-state index in [1.807, 2.05) is 0 Å². The minimum Gasteiger partial charge on any atom is -0.326 e. The second-order valence-corrected chi connectivity index (χ2v) is 8.77. The Morgan fingerprint density at radius 2 is 2.20 bits per heavy atom. The highest BCUT2D eigenvalue weighted by Gasteiger charge is 2.31. The molecule has 8 nitrogen and oxygen atoms in total. The van der Waals surface area contributed by atoms with Crippen molar-refractivity contribution in [1.82, 2.24) is 14.9 Å². The molecule has 20 heavy (non-hydrogen) atoms. The third kappa shape index (κ3) is 3.19. The molecule has 1 aromatic rings.